The largest absolute Gasteiger partial charge is 0.497 e. The number of methoxy groups -OCH3 is 1. The molecule has 0 aromatic heterocycles. The second-order valence-electron chi connectivity index (χ2n) is 9.45. The van der Waals surface area contributed by atoms with Crippen LogP contribution in [-0.2, 0) is 6.54 Å². The first-order valence-corrected chi connectivity index (χ1v) is 11.7. The average Bonchev–Trinajstić information content (AvgIpc) is 2.76. The van der Waals surface area contributed by atoms with E-state index in [0.717, 1.165) is 45.0 Å². The molecule has 1 aliphatic heterocycles. The van der Waals surface area contributed by atoms with Gasteiger partial charge >= 0.3 is 0 Å². The minimum atomic E-state index is -0.0562. The zero-order chi connectivity index (χ0) is 23.3. The molecule has 0 aliphatic carbocycles. The van der Waals surface area contributed by atoms with Crippen LogP contribution in [0.5, 0.6) is 5.75 Å². The minimum Gasteiger partial charge on any atom is -0.497 e. The number of carbonyl (C=O) groups is 1. The average molecular weight is 478 g/mol. The van der Waals surface area contributed by atoms with Crippen LogP contribution in [0.2, 0.25) is 10.0 Å². The number of piperazine rings is 1. The van der Waals surface area contributed by atoms with Gasteiger partial charge in [0, 0.05) is 50.9 Å². The normalized spacial score (nSPS) is 16.6. The molecule has 0 radical (unpaired) electrons. The Morgan fingerprint density at radius 2 is 1.62 bits per heavy atom. The molecule has 1 unspecified atom stereocenters. The third-order valence-electron chi connectivity index (χ3n) is 6.00. The van der Waals surface area contributed by atoms with Crippen molar-refractivity contribution in [2.24, 2.45) is 5.41 Å². The SMILES string of the molecule is COc1ccc(C(=O)NC(CN2CCN(Cc3ccc(Cl)c(Cl)c3)CC2)C(C)(C)C)cc1. The fourth-order valence-corrected chi connectivity index (χ4v) is 4.13. The van der Waals surface area contributed by atoms with Gasteiger partial charge in [-0.15, -0.1) is 0 Å². The molecule has 7 heteroatoms. The Hall–Kier alpha value is -1.79. The summed E-state index contributed by atoms with van der Waals surface area (Å²) in [5.74, 6) is 0.693. The number of carbonyl (C=O) groups excluding carboxylic acids is 1. The lowest BCUT2D eigenvalue weighted by molar-refractivity contribution is 0.0790. The van der Waals surface area contributed by atoms with Crippen molar-refractivity contribution in [1.82, 2.24) is 15.1 Å². The maximum atomic E-state index is 12.9. The molecule has 1 aliphatic rings. The van der Waals surface area contributed by atoms with Crippen molar-refractivity contribution in [1.29, 1.82) is 0 Å². The summed E-state index contributed by atoms with van der Waals surface area (Å²) in [6, 6.07) is 13.1. The summed E-state index contributed by atoms with van der Waals surface area (Å²) in [5, 5.41) is 4.45. The van der Waals surface area contributed by atoms with Gasteiger partial charge in [0.25, 0.3) is 5.91 Å². The lowest BCUT2D eigenvalue weighted by Crippen LogP contribution is -2.54. The number of nitrogens with zero attached hydrogens (tertiary/aromatic N) is 2. The first kappa shape index (κ1) is 24.8. The first-order valence-electron chi connectivity index (χ1n) is 11.0. The van der Waals surface area contributed by atoms with Crippen molar-refractivity contribution in [2.75, 3.05) is 39.8 Å². The number of nitrogens with one attached hydrogen (secondary N) is 1. The maximum Gasteiger partial charge on any atom is 0.251 e. The van der Waals surface area contributed by atoms with Crippen molar-refractivity contribution < 1.29 is 9.53 Å². The Labute approximate surface area is 201 Å². The number of amides is 1. The fourth-order valence-electron chi connectivity index (χ4n) is 3.80. The van der Waals surface area contributed by atoms with Gasteiger partial charge in [0.05, 0.1) is 17.2 Å². The second-order valence-corrected chi connectivity index (χ2v) is 10.3. The Morgan fingerprint density at radius 3 is 2.19 bits per heavy atom. The zero-order valence-corrected chi connectivity index (χ0v) is 20.8. The standard InChI is InChI=1S/C25H33Cl2N3O2/c1-25(2,3)23(28-24(31)19-6-8-20(32-4)9-7-19)17-30-13-11-29(12-14-30)16-18-5-10-21(26)22(27)15-18/h5-10,15,23H,11-14,16-17H2,1-4H3,(H,28,31). The molecule has 1 N–H and O–H groups in total. The third kappa shape index (κ3) is 6.85. The van der Waals surface area contributed by atoms with E-state index in [-0.39, 0.29) is 17.4 Å². The molecule has 2 aromatic rings. The summed E-state index contributed by atoms with van der Waals surface area (Å²) in [4.78, 5) is 17.7. The van der Waals surface area contributed by atoms with E-state index in [4.69, 9.17) is 27.9 Å². The van der Waals surface area contributed by atoms with Gasteiger partial charge in [0.15, 0.2) is 0 Å². The van der Waals surface area contributed by atoms with Crippen LogP contribution in [0.3, 0.4) is 0 Å². The quantitative estimate of drug-likeness (QED) is 0.611. The van der Waals surface area contributed by atoms with Crippen LogP contribution in [-0.4, -0.2) is 61.6 Å². The lowest BCUT2D eigenvalue weighted by Gasteiger charge is -2.40. The summed E-state index contributed by atoms with van der Waals surface area (Å²) >= 11 is 12.2. The van der Waals surface area contributed by atoms with Crippen LogP contribution in [0, 0.1) is 5.41 Å². The van der Waals surface area contributed by atoms with Crippen molar-refractivity contribution in [3.8, 4) is 5.75 Å². The van der Waals surface area contributed by atoms with Gasteiger partial charge in [-0.1, -0.05) is 50.0 Å². The molecular weight excluding hydrogens is 445 g/mol. The molecule has 32 heavy (non-hydrogen) atoms. The van der Waals surface area contributed by atoms with Gasteiger partial charge in [0.1, 0.15) is 5.75 Å². The van der Waals surface area contributed by atoms with Crippen LogP contribution in [0.15, 0.2) is 42.5 Å². The van der Waals surface area contributed by atoms with Crippen molar-refractivity contribution in [3.63, 3.8) is 0 Å². The fraction of sp³-hybridized carbons (Fsp3) is 0.480. The first-order chi connectivity index (χ1) is 15.2. The number of hydrogen-bond donors (Lipinski definition) is 1. The summed E-state index contributed by atoms with van der Waals surface area (Å²) in [5.41, 5.74) is 1.76. The maximum absolute atomic E-state index is 12.9. The third-order valence-corrected chi connectivity index (χ3v) is 6.74. The smallest absolute Gasteiger partial charge is 0.251 e. The van der Waals surface area contributed by atoms with E-state index in [1.54, 1.807) is 19.2 Å². The molecule has 5 nitrogen and oxygen atoms in total. The van der Waals surface area contributed by atoms with E-state index in [1.165, 1.54) is 5.56 Å². The topological polar surface area (TPSA) is 44.8 Å². The number of ether oxygens (including phenoxy) is 1. The highest BCUT2D eigenvalue weighted by molar-refractivity contribution is 6.42. The van der Waals surface area contributed by atoms with E-state index in [0.29, 0.717) is 15.6 Å². The van der Waals surface area contributed by atoms with Crippen molar-refractivity contribution >= 4 is 29.1 Å². The van der Waals surface area contributed by atoms with Crippen molar-refractivity contribution in [2.45, 2.75) is 33.4 Å². The monoisotopic (exact) mass is 477 g/mol. The molecule has 1 heterocycles. The highest BCUT2D eigenvalue weighted by atomic mass is 35.5. The molecule has 0 spiro atoms. The molecule has 1 atom stereocenters. The van der Waals surface area contributed by atoms with Gasteiger partial charge in [-0.25, -0.2) is 0 Å². The van der Waals surface area contributed by atoms with Crippen molar-refractivity contribution in [3.05, 3.63) is 63.6 Å². The summed E-state index contributed by atoms with van der Waals surface area (Å²) < 4.78 is 5.19. The molecule has 0 bridgehead atoms. The molecule has 3 rings (SSSR count). The molecule has 1 fully saturated rings. The Balaban J connectivity index is 1.54. The zero-order valence-electron chi connectivity index (χ0n) is 19.3. The van der Waals surface area contributed by atoms with Gasteiger partial charge in [-0.3, -0.25) is 14.6 Å². The Kier molecular flexibility index (Phi) is 8.45. The predicted molar refractivity (Wildman–Crippen MR) is 132 cm³/mol. The molecule has 174 valence electrons. The van der Waals surface area contributed by atoms with Gasteiger partial charge < -0.3 is 10.1 Å². The van der Waals surface area contributed by atoms with Gasteiger partial charge in [-0.2, -0.15) is 0 Å². The van der Waals surface area contributed by atoms with Gasteiger partial charge in [-0.05, 0) is 47.4 Å². The predicted octanol–water partition coefficient (Wildman–Crippen LogP) is 4.96. The second kappa shape index (κ2) is 10.9. The number of hydrogen-bond acceptors (Lipinski definition) is 4. The molecule has 1 amide bonds. The van der Waals surface area contributed by atoms with E-state index < -0.39 is 0 Å². The van der Waals surface area contributed by atoms with E-state index >= 15 is 0 Å². The number of benzene rings is 2. The van der Waals surface area contributed by atoms with E-state index in [1.807, 2.05) is 30.3 Å². The van der Waals surface area contributed by atoms with E-state index in [9.17, 15) is 4.79 Å². The van der Waals surface area contributed by atoms with Crippen LogP contribution >= 0.6 is 23.2 Å². The summed E-state index contributed by atoms with van der Waals surface area (Å²) in [6.45, 7) is 12.1. The van der Waals surface area contributed by atoms with Crippen LogP contribution in [0.25, 0.3) is 0 Å². The minimum absolute atomic E-state index is 0.0405. The highest BCUT2D eigenvalue weighted by Gasteiger charge is 2.30. The summed E-state index contributed by atoms with van der Waals surface area (Å²) in [7, 11) is 1.62. The molecule has 1 saturated heterocycles. The highest BCUT2D eigenvalue weighted by Crippen LogP contribution is 2.24. The van der Waals surface area contributed by atoms with Crippen LogP contribution in [0.1, 0.15) is 36.7 Å². The summed E-state index contributed by atoms with van der Waals surface area (Å²) in [6.07, 6.45) is 0. The van der Waals surface area contributed by atoms with E-state index in [2.05, 4.69) is 35.9 Å². The molecular formula is C25H33Cl2N3O2. The Bertz CT molecular complexity index is 904. The molecule has 2 aromatic carbocycles. The van der Waals surface area contributed by atoms with Gasteiger partial charge in [0.2, 0.25) is 0 Å². The molecule has 0 saturated carbocycles. The van der Waals surface area contributed by atoms with Crippen LogP contribution in [0.4, 0.5) is 0 Å². The van der Waals surface area contributed by atoms with Crippen LogP contribution < -0.4 is 10.1 Å². The number of halogens is 2. The lowest BCUT2D eigenvalue weighted by atomic mass is 9.86. The Morgan fingerprint density at radius 1 is 1.00 bits per heavy atom. The number of rotatable bonds is 7.